The second-order valence-electron chi connectivity index (χ2n) is 6.14. The van der Waals surface area contributed by atoms with Crippen molar-refractivity contribution in [3.63, 3.8) is 0 Å². The van der Waals surface area contributed by atoms with Crippen LogP contribution in [0.3, 0.4) is 0 Å². The van der Waals surface area contributed by atoms with Crippen LogP contribution >= 0.6 is 11.6 Å². The molecule has 132 valence electrons. The van der Waals surface area contributed by atoms with E-state index < -0.39 is 0 Å². The highest BCUT2D eigenvalue weighted by atomic mass is 35.5. The molecule has 0 aliphatic carbocycles. The minimum Gasteiger partial charge on any atom is -0.340 e. The molecule has 1 N–H and O–H groups in total. The number of halogens is 1. The average Bonchev–Trinajstić information content (AvgIpc) is 2.62. The van der Waals surface area contributed by atoms with Crippen molar-refractivity contribution < 1.29 is 4.79 Å². The zero-order valence-corrected chi connectivity index (χ0v) is 15.3. The number of benzene rings is 1. The van der Waals surface area contributed by atoms with Crippen LogP contribution in [0.1, 0.15) is 23.1 Å². The highest BCUT2D eigenvalue weighted by Gasteiger charge is 2.20. The van der Waals surface area contributed by atoms with Gasteiger partial charge in [0.05, 0.1) is 0 Å². The Balaban J connectivity index is 1.68. The number of hydrogen-bond acceptors (Lipinski definition) is 5. The van der Waals surface area contributed by atoms with Crippen LogP contribution in [-0.4, -0.2) is 58.9 Å². The molecule has 6 nitrogen and oxygen atoms in total. The summed E-state index contributed by atoms with van der Waals surface area (Å²) in [6.45, 7) is 5.36. The van der Waals surface area contributed by atoms with Gasteiger partial charge in [-0.2, -0.15) is 0 Å². The second kappa shape index (κ2) is 7.80. The first-order valence-electron chi connectivity index (χ1n) is 8.43. The molecule has 1 fully saturated rings. The molecule has 0 radical (unpaired) electrons. The molecule has 1 amide bonds. The van der Waals surface area contributed by atoms with E-state index in [1.807, 2.05) is 36.1 Å². The molecule has 7 heteroatoms. The largest absolute Gasteiger partial charge is 0.340 e. The van der Waals surface area contributed by atoms with Crippen molar-refractivity contribution in [3.8, 4) is 0 Å². The van der Waals surface area contributed by atoms with E-state index in [4.69, 9.17) is 11.6 Å². The SMILES string of the molecule is CCc1nc(Cl)cc(Nc2ccc(C(=O)N3CCN(C)CC3)cc2)n1. The van der Waals surface area contributed by atoms with Gasteiger partial charge < -0.3 is 15.1 Å². The third-order valence-electron chi connectivity index (χ3n) is 4.25. The van der Waals surface area contributed by atoms with Crippen LogP contribution in [-0.2, 0) is 6.42 Å². The van der Waals surface area contributed by atoms with Gasteiger partial charge in [0.25, 0.3) is 5.91 Å². The number of aromatic nitrogens is 2. The number of anilines is 2. The molecule has 0 saturated carbocycles. The number of likely N-dealkylation sites (N-methyl/N-ethyl adjacent to an activating group) is 1. The van der Waals surface area contributed by atoms with Crippen molar-refractivity contribution in [1.29, 1.82) is 0 Å². The number of nitrogens with one attached hydrogen (secondary N) is 1. The Kier molecular flexibility index (Phi) is 5.50. The third-order valence-corrected chi connectivity index (χ3v) is 4.45. The number of aryl methyl sites for hydroxylation is 1. The van der Waals surface area contributed by atoms with Gasteiger partial charge in [-0.25, -0.2) is 9.97 Å². The van der Waals surface area contributed by atoms with Crippen LogP contribution < -0.4 is 5.32 Å². The first kappa shape index (κ1) is 17.6. The molecule has 2 aromatic rings. The van der Waals surface area contributed by atoms with Crippen LogP contribution in [0.2, 0.25) is 5.15 Å². The molecule has 0 atom stereocenters. The van der Waals surface area contributed by atoms with Crippen molar-refractivity contribution >= 4 is 29.0 Å². The van der Waals surface area contributed by atoms with Gasteiger partial charge in [-0.1, -0.05) is 18.5 Å². The van der Waals surface area contributed by atoms with E-state index in [1.54, 1.807) is 6.07 Å². The Labute approximate surface area is 152 Å². The number of carbonyl (C=O) groups is 1. The molecule has 1 aliphatic rings. The maximum Gasteiger partial charge on any atom is 0.253 e. The molecular formula is C18H22ClN5O. The van der Waals surface area contributed by atoms with Gasteiger partial charge in [0, 0.05) is 49.9 Å². The zero-order chi connectivity index (χ0) is 17.8. The minimum atomic E-state index is 0.0815. The van der Waals surface area contributed by atoms with Crippen LogP contribution in [0.5, 0.6) is 0 Å². The zero-order valence-electron chi connectivity index (χ0n) is 14.5. The van der Waals surface area contributed by atoms with Crippen molar-refractivity contribution in [2.45, 2.75) is 13.3 Å². The van der Waals surface area contributed by atoms with Gasteiger partial charge in [-0.3, -0.25) is 4.79 Å². The summed E-state index contributed by atoms with van der Waals surface area (Å²) >= 11 is 6.01. The highest BCUT2D eigenvalue weighted by Crippen LogP contribution is 2.19. The van der Waals surface area contributed by atoms with Gasteiger partial charge in [-0.05, 0) is 31.3 Å². The lowest BCUT2D eigenvalue weighted by Gasteiger charge is -2.32. The quantitative estimate of drug-likeness (QED) is 0.850. The summed E-state index contributed by atoms with van der Waals surface area (Å²) in [6.07, 6.45) is 0.716. The number of piperazine rings is 1. The van der Waals surface area contributed by atoms with Gasteiger partial charge in [0.1, 0.15) is 16.8 Å². The first-order valence-corrected chi connectivity index (χ1v) is 8.81. The number of amides is 1. The Morgan fingerprint density at radius 3 is 2.48 bits per heavy atom. The minimum absolute atomic E-state index is 0.0815. The van der Waals surface area contributed by atoms with E-state index in [9.17, 15) is 4.79 Å². The summed E-state index contributed by atoms with van der Waals surface area (Å²) in [7, 11) is 2.08. The average molecular weight is 360 g/mol. The molecule has 0 spiro atoms. The molecule has 1 aromatic heterocycles. The van der Waals surface area contributed by atoms with E-state index in [0.717, 1.165) is 31.9 Å². The molecule has 1 aliphatic heterocycles. The summed E-state index contributed by atoms with van der Waals surface area (Å²) in [6, 6.07) is 9.12. The van der Waals surface area contributed by atoms with Gasteiger partial charge in [0.2, 0.25) is 0 Å². The Bertz CT molecular complexity index is 742. The summed E-state index contributed by atoms with van der Waals surface area (Å²) in [5.74, 6) is 1.42. The molecule has 1 aromatic carbocycles. The standard InChI is InChI=1S/C18H22ClN5O/c1-3-16-21-15(19)12-17(22-16)20-14-6-4-13(5-7-14)18(25)24-10-8-23(2)9-11-24/h4-7,12H,3,8-11H2,1-2H3,(H,20,21,22). The Morgan fingerprint density at radius 2 is 1.84 bits per heavy atom. The summed E-state index contributed by atoms with van der Waals surface area (Å²) in [4.78, 5) is 25.2. The van der Waals surface area contributed by atoms with E-state index >= 15 is 0 Å². The number of carbonyl (C=O) groups excluding carboxylic acids is 1. The summed E-state index contributed by atoms with van der Waals surface area (Å²) < 4.78 is 0. The van der Waals surface area contributed by atoms with Gasteiger partial charge in [-0.15, -0.1) is 0 Å². The van der Waals surface area contributed by atoms with Crippen LogP contribution in [0.15, 0.2) is 30.3 Å². The van der Waals surface area contributed by atoms with E-state index in [1.165, 1.54) is 0 Å². The number of nitrogens with zero attached hydrogens (tertiary/aromatic N) is 4. The molecule has 1 saturated heterocycles. The van der Waals surface area contributed by atoms with Gasteiger partial charge >= 0.3 is 0 Å². The van der Waals surface area contributed by atoms with Crippen LogP contribution in [0, 0.1) is 0 Å². The highest BCUT2D eigenvalue weighted by molar-refractivity contribution is 6.29. The second-order valence-corrected chi connectivity index (χ2v) is 6.53. The normalized spacial score (nSPS) is 15.2. The maximum atomic E-state index is 12.6. The van der Waals surface area contributed by atoms with E-state index in [0.29, 0.717) is 28.8 Å². The maximum absolute atomic E-state index is 12.6. The smallest absolute Gasteiger partial charge is 0.253 e. The van der Waals surface area contributed by atoms with Crippen LogP contribution in [0.25, 0.3) is 0 Å². The van der Waals surface area contributed by atoms with Crippen molar-refractivity contribution in [2.24, 2.45) is 0 Å². The van der Waals surface area contributed by atoms with E-state index in [-0.39, 0.29) is 5.91 Å². The van der Waals surface area contributed by atoms with Crippen molar-refractivity contribution in [2.75, 3.05) is 38.5 Å². The number of hydrogen-bond donors (Lipinski definition) is 1. The van der Waals surface area contributed by atoms with Gasteiger partial charge in [0.15, 0.2) is 0 Å². The molecule has 0 bridgehead atoms. The third kappa shape index (κ3) is 4.46. The summed E-state index contributed by atoms with van der Waals surface area (Å²) in [5, 5.41) is 3.62. The van der Waals surface area contributed by atoms with Crippen molar-refractivity contribution in [3.05, 3.63) is 46.9 Å². The van der Waals surface area contributed by atoms with E-state index in [2.05, 4.69) is 27.2 Å². The Hall–Kier alpha value is -2.18. The lowest BCUT2D eigenvalue weighted by Crippen LogP contribution is -2.47. The lowest BCUT2D eigenvalue weighted by atomic mass is 10.1. The first-order chi connectivity index (χ1) is 12.0. The fraction of sp³-hybridized carbons (Fsp3) is 0.389. The monoisotopic (exact) mass is 359 g/mol. The molecule has 2 heterocycles. The fourth-order valence-corrected chi connectivity index (χ4v) is 2.92. The molecular weight excluding hydrogens is 338 g/mol. The fourth-order valence-electron chi connectivity index (χ4n) is 2.72. The van der Waals surface area contributed by atoms with Crippen LogP contribution in [0.4, 0.5) is 11.5 Å². The summed E-state index contributed by atoms with van der Waals surface area (Å²) in [5.41, 5.74) is 1.55. The topological polar surface area (TPSA) is 61.4 Å². The molecule has 0 unspecified atom stereocenters. The molecule has 3 rings (SSSR count). The molecule has 25 heavy (non-hydrogen) atoms. The Morgan fingerprint density at radius 1 is 1.16 bits per heavy atom. The van der Waals surface area contributed by atoms with Crippen molar-refractivity contribution in [1.82, 2.24) is 19.8 Å². The lowest BCUT2D eigenvalue weighted by molar-refractivity contribution is 0.0664. The number of rotatable bonds is 4. The predicted octanol–water partition coefficient (Wildman–Crippen LogP) is 2.82. The predicted molar refractivity (Wildman–Crippen MR) is 99.5 cm³/mol.